The summed E-state index contributed by atoms with van der Waals surface area (Å²) in [7, 11) is 5.36. The Balaban J connectivity index is 2.28. The van der Waals surface area contributed by atoms with Gasteiger partial charge < -0.3 is 20.1 Å². The van der Waals surface area contributed by atoms with Gasteiger partial charge in [0, 0.05) is 6.07 Å². The number of methoxy groups -OCH3 is 2. The summed E-state index contributed by atoms with van der Waals surface area (Å²) in [4.78, 5) is 0. The van der Waals surface area contributed by atoms with Gasteiger partial charge in [0.15, 0.2) is 0 Å². The summed E-state index contributed by atoms with van der Waals surface area (Å²) >= 11 is 0. The molecule has 0 fully saturated rings. The molecule has 0 aliphatic rings. The molecule has 0 heterocycles. The van der Waals surface area contributed by atoms with Gasteiger partial charge in [0.25, 0.3) is 0 Å². The number of nitrogens with one attached hydrogen (secondary N) is 2. The van der Waals surface area contributed by atoms with Crippen LogP contribution in [0.4, 0.5) is 0 Å². The highest BCUT2D eigenvalue weighted by molar-refractivity contribution is 5.40. The third-order valence-corrected chi connectivity index (χ3v) is 3.10. The fourth-order valence-corrected chi connectivity index (χ4v) is 1.96. The molecule has 19 heavy (non-hydrogen) atoms. The molecule has 0 radical (unpaired) electrons. The van der Waals surface area contributed by atoms with Crippen molar-refractivity contribution in [1.29, 1.82) is 0 Å². The lowest BCUT2D eigenvalue weighted by atomic mass is 10.1. The van der Waals surface area contributed by atoms with E-state index in [9.17, 15) is 0 Å². The Morgan fingerprint density at radius 1 is 1.00 bits per heavy atom. The van der Waals surface area contributed by atoms with Crippen LogP contribution in [0.15, 0.2) is 18.2 Å². The molecule has 4 heteroatoms. The molecular weight excluding hydrogens is 240 g/mol. The van der Waals surface area contributed by atoms with Crippen LogP contribution in [0.25, 0.3) is 0 Å². The van der Waals surface area contributed by atoms with Gasteiger partial charge in [-0.2, -0.15) is 0 Å². The summed E-state index contributed by atoms with van der Waals surface area (Å²) in [5, 5.41) is 6.61. The van der Waals surface area contributed by atoms with Gasteiger partial charge in [-0.1, -0.05) is 6.07 Å². The van der Waals surface area contributed by atoms with Gasteiger partial charge in [0.05, 0.1) is 14.2 Å². The van der Waals surface area contributed by atoms with Crippen LogP contribution < -0.4 is 20.1 Å². The topological polar surface area (TPSA) is 42.5 Å². The Bertz CT molecular complexity index is 356. The lowest BCUT2D eigenvalue weighted by Gasteiger charge is -2.11. The summed E-state index contributed by atoms with van der Waals surface area (Å²) in [5.74, 6) is 1.73. The Morgan fingerprint density at radius 3 is 2.47 bits per heavy atom. The third-order valence-electron chi connectivity index (χ3n) is 3.10. The summed E-state index contributed by atoms with van der Waals surface area (Å²) in [6.45, 7) is 3.14. The summed E-state index contributed by atoms with van der Waals surface area (Å²) in [5.41, 5.74) is 1.21. The van der Waals surface area contributed by atoms with E-state index in [0.29, 0.717) is 0 Å². The second kappa shape index (κ2) is 9.64. The van der Waals surface area contributed by atoms with E-state index in [1.165, 1.54) is 18.4 Å². The quantitative estimate of drug-likeness (QED) is 0.634. The van der Waals surface area contributed by atoms with Crippen LogP contribution in [-0.4, -0.2) is 40.9 Å². The molecule has 0 saturated carbocycles. The fourth-order valence-electron chi connectivity index (χ4n) is 1.96. The predicted molar refractivity (Wildman–Crippen MR) is 79.3 cm³/mol. The summed E-state index contributed by atoms with van der Waals surface area (Å²) in [6.07, 6.45) is 3.40. The van der Waals surface area contributed by atoms with E-state index in [2.05, 4.69) is 16.7 Å². The molecule has 4 nitrogen and oxygen atoms in total. The summed E-state index contributed by atoms with van der Waals surface area (Å²) in [6, 6.07) is 5.98. The average Bonchev–Trinajstić information content (AvgIpc) is 2.46. The molecular formula is C15H26N2O2. The fraction of sp³-hybridized carbons (Fsp3) is 0.600. The van der Waals surface area contributed by atoms with Crippen LogP contribution in [0, 0.1) is 0 Å². The van der Waals surface area contributed by atoms with E-state index >= 15 is 0 Å². The highest BCUT2D eigenvalue weighted by atomic mass is 16.5. The first-order valence-electron chi connectivity index (χ1n) is 6.88. The molecule has 1 rings (SSSR count). The SMILES string of the molecule is CNCCCCNCCc1ccc(OC)cc1OC. The van der Waals surface area contributed by atoms with Crippen molar-refractivity contribution in [2.75, 3.05) is 40.9 Å². The van der Waals surface area contributed by atoms with Crippen molar-refractivity contribution in [2.24, 2.45) is 0 Å². The highest BCUT2D eigenvalue weighted by Crippen LogP contribution is 2.24. The van der Waals surface area contributed by atoms with E-state index in [1.807, 2.05) is 19.2 Å². The van der Waals surface area contributed by atoms with Crippen molar-refractivity contribution in [1.82, 2.24) is 10.6 Å². The zero-order valence-electron chi connectivity index (χ0n) is 12.3. The van der Waals surface area contributed by atoms with Crippen molar-refractivity contribution in [3.05, 3.63) is 23.8 Å². The van der Waals surface area contributed by atoms with Crippen LogP contribution in [0.2, 0.25) is 0 Å². The molecule has 0 unspecified atom stereocenters. The molecule has 0 aromatic heterocycles. The molecule has 0 saturated heterocycles. The van der Waals surface area contributed by atoms with Crippen molar-refractivity contribution < 1.29 is 9.47 Å². The number of ether oxygens (including phenoxy) is 2. The van der Waals surface area contributed by atoms with Crippen LogP contribution >= 0.6 is 0 Å². The zero-order valence-corrected chi connectivity index (χ0v) is 12.3. The maximum Gasteiger partial charge on any atom is 0.125 e. The van der Waals surface area contributed by atoms with E-state index in [0.717, 1.165) is 37.6 Å². The van der Waals surface area contributed by atoms with Gasteiger partial charge in [-0.3, -0.25) is 0 Å². The molecule has 0 spiro atoms. The van der Waals surface area contributed by atoms with Crippen molar-refractivity contribution >= 4 is 0 Å². The number of hydrogen-bond acceptors (Lipinski definition) is 4. The minimum Gasteiger partial charge on any atom is -0.497 e. The van der Waals surface area contributed by atoms with Crippen LogP contribution in [0.5, 0.6) is 11.5 Å². The van der Waals surface area contributed by atoms with Crippen molar-refractivity contribution in [2.45, 2.75) is 19.3 Å². The number of rotatable bonds is 10. The van der Waals surface area contributed by atoms with Gasteiger partial charge in [-0.25, -0.2) is 0 Å². The number of benzene rings is 1. The second-order valence-corrected chi connectivity index (χ2v) is 4.49. The number of unbranched alkanes of at least 4 members (excludes halogenated alkanes) is 1. The second-order valence-electron chi connectivity index (χ2n) is 4.49. The van der Waals surface area contributed by atoms with Crippen LogP contribution in [0.1, 0.15) is 18.4 Å². The predicted octanol–water partition coefficient (Wildman–Crippen LogP) is 1.84. The molecule has 108 valence electrons. The third kappa shape index (κ3) is 5.94. The standard InChI is InChI=1S/C15H26N2O2/c1-16-9-4-5-10-17-11-8-13-6-7-14(18-2)12-15(13)19-3/h6-7,12,16-17H,4-5,8-11H2,1-3H3. The van der Waals surface area contributed by atoms with E-state index in [1.54, 1.807) is 14.2 Å². The van der Waals surface area contributed by atoms with Gasteiger partial charge in [0.1, 0.15) is 11.5 Å². The van der Waals surface area contributed by atoms with Crippen molar-refractivity contribution in [3.8, 4) is 11.5 Å². The lowest BCUT2D eigenvalue weighted by molar-refractivity contribution is 0.390. The highest BCUT2D eigenvalue weighted by Gasteiger charge is 2.04. The molecule has 0 bridgehead atoms. The first-order valence-corrected chi connectivity index (χ1v) is 6.88. The zero-order chi connectivity index (χ0) is 13.9. The van der Waals surface area contributed by atoms with E-state index in [4.69, 9.17) is 9.47 Å². The maximum atomic E-state index is 5.38. The molecule has 0 aliphatic carbocycles. The normalized spacial score (nSPS) is 10.5. The monoisotopic (exact) mass is 266 g/mol. The molecule has 0 atom stereocenters. The molecule has 0 amide bonds. The van der Waals surface area contributed by atoms with Crippen LogP contribution in [0.3, 0.4) is 0 Å². The molecule has 2 N–H and O–H groups in total. The summed E-state index contributed by atoms with van der Waals surface area (Å²) < 4.78 is 10.6. The molecule has 1 aromatic rings. The van der Waals surface area contributed by atoms with Gasteiger partial charge in [0.2, 0.25) is 0 Å². The van der Waals surface area contributed by atoms with E-state index in [-0.39, 0.29) is 0 Å². The smallest absolute Gasteiger partial charge is 0.125 e. The Morgan fingerprint density at radius 2 is 1.79 bits per heavy atom. The van der Waals surface area contributed by atoms with Gasteiger partial charge in [-0.05, 0) is 57.6 Å². The minimum atomic E-state index is 0.834. The minimum absolute atomic E-state index is 0.834. The molecule has 0 aliphatic heterocycles. The van der Waals surface area contributed by atoms with Gasteiger partial charge >= 0.3 is 0 Å². The maximum absolute atomic E-state index is 5.38. The Labute approximate surface area is 116 Å². The first kappa shape index (κ1) is 15.8. The largest absolute Gasteiger partial charge is 0.497 e. The number of hydrogen-bond donors (Lipinski definition) is 2. The average molecular weight is 266 g/mol. The Hall–Kier alpha value is -1.26. The Kier molecular flexibility index (Phi) is 8.02. The van der Waals surface area contributed by atoms with Crippen molar-refractivity contribution in [3.63, 3.8) is 0 Å². The van der Waals surface area contributed by atoms with Gasteiger partial charge in [-0.15, -0.1) is 0 Å². The molecule has 1 aromatic carbocycles. The van der Waals surface area contributed by atoms with Crippen LogP contribution in [-0.2, 0) is 6.42 Å². The first-order chi connectivity index (χ1) is 9.31. The van der Waals surface area contributed by atoms with E-state index < -0.39 is 0 Å². The lowest BCUT2D eigenvalue weighted by Crippen LogP contribution is -2.20.